The lowest BCUT2D eigenvalue weighted by atomic mass is 10.1. The maximum Gasteiger partial charge on any atom is 0.264 e. The van der Waals surface area contributed by atoms with Crippen molar-refractivity contribution in [3.63, 3.8) is 0 Å². The van der Waals surface area contributed by atoms with Crippen LogP contribution >= 0.6 is 10.7 Å². The minimum atomic E-state index is -4.22. The van der Waals surface area contributed by atoms with Crippen molar-refractivity contribution < 1.29 is 17.6 Å². The van der Waals surface area contributed by atoms with Gasteiger partial charge in [0.15, 0.2) is 0 Å². The first kappa shape index (κ1) is 14.9. The Bertz CT molecular complexity index is 572. The molecule has 4 nitrogen and oxygen atoms in total. The summed E-state index contributed by atoms with van der Waals surface area (Å²) < 4.78 is 36.0. The quantitative estimate of drug-likeness (QED) is 0.866. The molecule has 0 aromatic heterocycles. The van der Waals surface area contributed by atoms with Crippen LogP contribution in [0.5, 0.6) is 0 Å². The van der Waals surface area contributed by atoms with Gasteiger partial charge >= 0.3 is 0 Å². The van der Waals surface area contributed by atoms with Crippen molar-refractivity contribution >= 4 is 25.6 Å². The van der Waals surface area contributed by atoms with Gasteiger partial charge in [-0.2, -0.15) is 0 Å². The first-order valence-corrected chi connectivity index (χ1v) is 7.61. The van der Waals surface area contributed by atoms with Gasteiger partial charge in [-0.25, -0.2) is 12.8 Å². The molecule has 0 atom stereocenters. The molecule has 18 heavy (non-hydrogen) atoms. The molecule has 1 aromatic rings. The van der Waals surface area contributed by atoms with Crippen LogP contribution in [0.2, 0.25) is 0 Å². The van der Waals surface area contributed by atoms with Crippen LogP contribution in [0.15, 0.2) is 17.0 Å². The van der Waals surface area contributed by atoms with Gasteiger partial charge in [-0.1, -0.05) is 6.92 Å². The van der Waals surface area contributed by atoms with Crippen LogP contribution in [-0.2, 0) is 9.05 Å². The lowest BCUT2D eigenvalue weighted by molar-refractivity contribution is 0.0953. The number of halogens is 2. The molecule has 100 valence electrons. The molecule has 7 heteroatoms. The number of benzene rings is 1. The van der Waals surface area contributed by atoms with Gasteiger partial charge in [-0.15, -0.1) is 0 Å². The van der Waals surface area contributed by atoms with Crippen molar-refractivity contribution in [1.82, 2.24) is 5.32 Å². The van der Waals surface area contributed by atoms with Crippen LogP contribution in [0.4, 0.5) is 4.39 Å². The van der Waals surface area contributed by atoms with Crippen LogP contribution in [0, 0.1) is 12.7 Å². The van der Waals surface area contributed by atoms with Gasteiger partial charge in [0.1, 0.15) is 10.7 Å². The fourth-order valence-electron chi connectivity index (χ4n) is 1.39. The molecule has 0 unspecified atom stereocenters. The fraction of sp³-hybridized carbons (Fsp3) is 0.364. The van der Waals surface area contributed by atoms with E-state index in [0.29, 0.717) is 6.54 Å². The average Bonchev–Trinajstić information content (AvgIpc) is 2.27. The van der Waals surface area contributed by atoms with Crippen molar-refractivity contribution in [3.8, 4) is 0 Å². The number of aryl methyl sites for hydroxylation is 1. The Morgan fingerprint density at radius 3 is 2.56 bits per heavy atom. The summed E-state index contributed by atoms with van der Waals surface area (Å²) in [7, 11) is 0.902. The van der Waals surface area contributed by atoms with E-state index in [9.17, 15) is 17.6 Å². The number of rotatable bonds is 4. The Labute approximate surface area is 110 Å². The molecule has 1 N–H and O–H groups in total. The van der Waals surface area contributed by atoms with Crippen molar-refractivity contribution in [2.45, 2.75) is 25.2 Å². The second kappa shape index (κ2) is 5.67. The fourth-order valence-corrected chi connectivity index (χ4v) is 2.37. The Hall–Kier alpha value is -1.14. The van der Waals surface area contributed by atoms with E-state index in [4.69, 9.17) is 10.7 Å². The summed E-state index contributed by atoms with van der Waals surface area (Å²) in [6.07, 6.45) is 0.743. The Kier molecular flexibility index (Phi) is 4.70. The summed E-state index contributed by atoms with van der Waals surface area (Å²) in [5.41, 5.74) is 0.125. The third-order valence-corrected chi connectivity index (χ3v) is 3.60. The van der Waals surface area contributed by atoms with Gasteiger partial charge in [0, 0.05) is 22.8 Å². The highest BCUT2D eigenvalue weighted by atomic mass is 35.7. The highest BCUT2D eigenvalue weighted by Crippen LogP contribution is 2.23. The standard InChI is InChI=1S/C11H13ClFNO3S/c1-3-4-14-11(15)8-5-7(2)10(13)9(6-8)18(12,16)17/h5-6H,3-4H2,1-2H3,(H,14,15). The van der Waals surface area contributed by atoms with Crippen molar-refractivity contribution in [3.05, 3.63) is 29.1 Å². The van der Waals surface area contributed by atoms with Crippen LogP contribution in [0.25, 0.3) is 0 Å². The minimum absolute atomic E-state index is 0.0540. The molecular formula is C11H13ClFNO3S. The van der Waals surface area contributed by atoms with Crippen LogP contribution in [0.3, 0.4) is 0 Å². The summed E-state index contributed by atoms with van der Waals surface area (Å²) in [5, 5.41) is 2.57. The molecule has 0 heterocycles. The molecule has 0 bridgehead atoms. The molecular weight excluding hydrogens is 281 g/mol. The number of nitrogens with one attached hydrogen (secondary N) is 1. The Morgan fingerprint density at radius 2 is 2.06 bits per heavy atom. The first-order valence-electron chi connectivity index (χ1n) is 5.30. The first-order chi connectivity index (χ1) is 8.27. The molecule has 1 rings (SSSR count). The minimum Gasteiger partial charge on any atom is -0.352 e. The number of hydrogen-bond acceptors (Lipinski definition) is 3. The van der Waals surface area contributed by atoms with E-state index in [-0.39, 0.29) is 11.1 Å². The summed E-state index contributed by atoms with van der Waals surface area (Å²) in [6.45, 7) is 3.71. The topological polar surface area (TPSA) is 63.2 Å². The third-order valence-electron chi connectivity index (χ3n) is 2.28. The van der Waals surface area contributed by atoms with Gasteiger partial charge in [0.05, 0.1) is 0 Å². The van der Waals surface area contributed by atoms with Gasteiger partial charge < -0.3 is 5.32 Å². The average molecular weight is 294 g/mol. The Balaban J connectivity index is 3.25. The summed E-state index contributed by atoms with van der Waals surface area (Å²) in [4.78, 5) is 11.0. The molecule has 0 fully saturated rings. The van der Waals surface area contributed by atoms with Crippen LogP contribution in [0.1, 0.15) is 29.3 Å². The molecule has 0 aliphatic heterocycles. The zero-order valence-electron chi connectivity index (χ0n) is 9.96. The summed E-state index contributed by atoms with van der Waals surface area (Å²) in [6, 6.07) is 2.22. The summed E-state index contributed by atoms with van der Waals surface area (Å²) >= 11 is 0. The number of hydrogen-bond donors (Lipinski definition) is 1. The van der Waals surface area contributed by atoms with E-state index < -0.39 is 25.7 Å². The van der Waals surface area contributed by atoms with Crippen LogP contribution in [-0.4, -0.2) is 20.9 Å². The second-order valence-electron chi connectivity index (χ2n) is 3.80. The SMILES string of the molecule is CCCNC(=O)c1cc(C)c(F)c(S(=O)(=O)Cl)c1. The lowest BCUT2D eigenvalue weighted by Gasteiger charge is -2.08. The highest BCUT2D eigenvalue weighted by Gasteiger charge is 2.21. The van der Waals surface area contributed by atoms with Gasteiger partial charge in [0.25, 0.3) is 15.0 Å². The number of carbonyl (C=O) groups excluding carboxylic acids is 1. The van der Waals surface area contributed by atoms with Crippen molar-refractivity contribution in [1.29, 1.82) is 0 Å². The smallest absolute Gasteiger partial charge is 0.264 e. The molecule has 0 aliphatic carbocycles. The van der Waals surface area contributed by atoms with E-state index in [0.717, 1.165) is 12.5 Å². The number of amides is 1. The molecule has 1 amide bonds. The summed E-state index contributed by atoms with van der Waals surface area (Å²) in [5.74, 6) is -1.39. The van der Waals surface area contributed by atoms with Gasteiger partial charge in [-0.05, 0) is 31.0 Å². The second-order valence-corrected chi connectivity index (χ2v) is 6.33. The maximum atomic E-state index is 13.6. The monoisotopic (exact) mass is 293 g/mol. The Morgan fingerprint density at radius 1 is 1.44 bits per heavy atom. The van der Waals surface area contributed by atoms with Gasteiger partial charge in [0.2, 0.25) is 0 Å². The zero-order valence-corrected chi connectivity index (χ0v) is 11.5. The van der Waals surface area contributed by atoms with Crippen molar-refractivity contribution in [2.24, 2.45) is 0 Å². The molecule has 0 saturated carbocycles. The third kappa shape index (κ3) is 3.43. The lowest BCUT2D eigenvalue weighted by Crippen LogP contribution is -2.24. The highest BCUT2D eigenvalue weighted by molar-refractivity contribution is 8.13. The van der Waals surface area contributed by atoms with E-state index in [1.807, 2.05) is 6.92 Å². The normalized spacial score (nSPS) is 11.3. The maximum absolute atomic E-state index is 13.6. The predicted molar refractivity (Wildman–Crippen MR) is 66.8 cm³/mol. The van der Waals surface area contributed by atoms with E-state index in [2.05, 4.69) is 5.32 Å². The molecule has 0 radical (unpaired) electrons. The molecule has 1 aromatic carbocycles. The van der Waals surface area contributed by atoms with Crippen LogP contribution < -0.4 is 5.32 Å². The van der Waals surface area contributed by atoms with E-state index in [1.54, 1.807) is 0 Å². The van der Waals surface area contributed by atoms with E-state index >= 15 is 0 Å². The van der Waals surface area contributed by atoms with E-state index in [1.165, 1.54) is 13.0 Å². The predicted octanol–water partition coefficient (Wildman–Crippen LogP) is 2.20. The molecule has 0 spiro atoms. The zero-order chi connectivity index (χ0) is 13.9. The van der Waals surface area contributed by atoms with Gasteiger partial charge in [-0.3, -0.25) is 4.79 Å². The molecule has 0 aliphatic rings. The van der Waals surface area contributed by atoms with Crippen molar-refractivity contribution in [2.75, 3.05) is 6.54 Å². The largest absolute Gasteiger partial charge is 0.352 e. The number of carbonyl (C=O) groups is 1. The molecule has 0 saturated heterocycles.